The summed E-state index contributed by atoms with van der Waals surface area (Å²) in [6.45, 7) is 5.25. The number of benzene rings is 1. The molecule has 0 fully saturated rings. The Morgan fingerprint density at radius 1 is 1.37 bits per heavy atom. The van der Waals surface area contributed by atoms with E-state index >= 15 is 0 Å². The maximum Gasteiger partial charge on any atom is 0.251 e. The average molecular weight is 265 g/mol. The van der Waals surface area contributed by atoms with Crippen LogP contribution in [0.5, 0.6) is 5.75 Å². The van der Waals surface area contributed by atoms with E-state index in [9.17, 15) is 4.79 Å². The van der Waals surface area contributed by atoms with Crippen molar-refractivity contribution in [2.45, 2.75) is 26.7 Å². The van der Waals surface area contributed by atoms with Gasteiger partial charge in [-0.05, 0) is 36.6 Å². The van der Waals surface area contributed by atoms with E-state index in [1.54, 1.807) is 24.3 Å². The molecule has 1 atom stereocenters. The smallest absolute Gasteiger partial charge is 0.251 e. The van der Waals surface area contributed by atoms with E-state index in [4.69, 9.17) is 9.84 Å². The molecule has 0 heterocycles. The van der Waals surface area contributed by atoms with Crippen LogP contribution in [0.25, 0.3) is 0 Å². The van der Waals surface area contributed by atoms with E-state index in [0.29, 0.717) is 18.7 Å². The number of nitrogens with one attached hydrogen (secondary N) is 1. The minimum atomic E-state index is -0.125. The predicted molar refractivity (Wildman–Crippen MR) is 75.4 cm³/mol. The lowest BCUT2D eigenvalue weighted by Crippen LogP contribution is -2.29. The molecule has 0 aliphatic rings. The van der Waals surface area contributed by atoms with Gasteiger partial charge in [-0.15, -0.1) is 0 Å². The third-order valence-corrected chi connectivity index (χ3v) is 2.81. The highest BCUT2D eigenvalue weighted by Gasteiger charge is 2.07. The van der Waals surface area contributed by atoms with Crippen molar-refractivity contribution in [2.24, 2.45) is 5.92 Å². The molecular weight excluding hydrogens is 242 g/mol. The number of hydrogen-bond acceptors (Lipinski definition) is 3. The summed E-state index contributed by atoms with van der Waals surface area (Å²) in [7, 11) is 0. The lowest BCUT2D eigenvalue weighted by molar-refractivity contribution is 0.0942. The van der Waals surface area contributed by atoms with Crippen LogP contribution < -0.4 is 10.1 Å². The zero-order chi connectivity index (χ0) is 14.1. The molecule has 1 aromatic rings. The summed E-state index contributed by atoms with van der Waals surface area (Å²) in [5.41, 5.74) is 0.605. The van der Waals surface area contributed by atoms with Crippen LogP contribution in [0.2, 0.25) is 0 Å². The van der Waals surface area contributed by atoms with Crippen molar-refractivity contribution in [3.05, 3.63) is 29.8 Å². The summed E-state index contributed by atoms with van der Waals surface area (Å²) >= 11 is 0. The number of hydrogen-bond donors (Lipinski definition) is 2. The topological polar surface area (TPSA) is 58.6 Å². The Kier molecular flexibility index (Phi) is 6.97. The standard InChI is InChI=1S/C15H23NO3/c1-3-4-9-19-14-7-5-13(6-8-14)15(18)16-10-12(2)11-17/h5-8,12,17H,3-4,9-11H2,1-2H3,(H,16,18). The van der Waals surface area contributed by atoms with E-state index in [1.165, 1.54) is 0 Å². The molecule has 0 radical (unpaired) electrons. The van der Waals surface area contributed by atoms with Crippen molar-refractivity contribution in [1.29, 1.82) is 0 Å². The van der Waals surface area contributed by atoms with Gasteiger partial charge in [-0.3, -0.25) is 4.79 Å². The number of aliphatic hydroxyl groups excluding tert-OH is 1. The largest absolute Gasteiger partial charge is 0.494 e. The second kappa shape index (κ2) is 8.53. The molecule has 4 nitrogen and oxygen atoms in total. The molecule has 1 rings (SSSR count). The third-order valence-electron chi connectivity index (χ3n) is 2.81. The van der Waals surface area contributed by atoms with Gasteiger partial charge in [0.2, 0.25) is 0 Å². The van der Waals surface area contributed by atoms with Crippen molar-refractivity contribution >= 4 is 5.91 Å². The Labute approximate surface area is 114 Å². The number of ether oxygens (including phenoxy) is 1. The number of aliphatic hydroxyl groups is 1. The van der Waals surface area contributed by atoms with Crippen LogP contribution in [-0.4, -0.2) is 30.8 Å². The first kappa shape index (κ1) is 15.5. The zero-order valence-electron chi connectivity index (χ0n) is 11.7. The normalized spacial score (nSPS) is 11.9. The van der Waals surface area contributed by atoms with Crippen LogP contribution in [0.3, 0.4) is 0 Å². The van der Waals surface area contributed by atoms with Crippen LogP contribution in [0, 0.1) is 5.92 Å². The highest BCUT2D eigenvalue weighted by atomic mass is 16.5. The summed E-state index contributed by atoms with van der Waals surface area (Å²) in [6, 6.07) is 7.11. The summed E-state index contributed by atoms with van der Waals surface area (Å²) in [6.07, 6.45) is 2.13. The summed E-state index contributed by atoms with van der Waals surface area (Å²) in [5, 5.41) is 11.7. The molecule has 1 amide bonds. The first-order valence-electron chi connectivity index (χ1n) is 6.79. The van der Waals surface area contributed by atoms with Gasteiger partial charge < -0.3 is 15.2 Å². The molecule has 1 unspecified atom stereocenters. The monoisotopic (exact) mass is 265 g/mol. The molecule has 106 valence electrons. The fraction of sp³-hybridized carbons (Fsp3) is 0.533. The molecule has 0 saturated heterocycles. The number of carbonyl (C=O) groups excluding carboxylic acids is 1. The molecule has 0 aromatic heterocycles. The van der Waals surface area contributed by atoms with Crippen molar-refractivity contribution < 1.29 is 14.6 Å². The fourth-order valence-electron chi connectivity index (χ4n) is 1.47. The number of amides is 1. The highest BCUT2D eigenvalue weighted by molar-refractivity contribution is 5.94. The number of unbranched alkanes of at least 4 members (excludes halogenated alkanes) is 1. The Morgan fingerprint density at radius 3 is 2.63 bits per heavy atom. The Morgan fingerprint density at radius 2 is 2.05 bits per heavy atom. The van der Waals surface area contributed by atoms with Gasteiger partial charge in [-0.25, -0.2) is 0 Å². The van der Waals surface area contributed by atoms with Crippen LogP contribution in [-0.2, 0) is 0 Å². The van der Waals surface area contributed by atoms with Gasteiger partial charge in [-0.1, -0.05) is 20.3 Å². The lowest BCUT2D eigenvalue weighted by atomic mass is 10.1. The van der Waals surface area contributed by atoms with Gasteiger partial charge >= 0.3 is 0 Å². The second-order valence-electron chi connectivity index (χ2n) is 4.72. The van der Waals surface area contributed by atoms with Crippen molar-refractivity contribution in [2.75, 3.05) is 19.8 Å². The first-order chi connectivity index (χ1) is 9.17. The van der Waals surface area contributed by atoms with Crippen LogP contribution in [0.15, 0.2) is 24.3 Å². The summed E-state index contributed by atoms with van der Waals surface area (Å²) < 4.78 is 5.53. The van der Waals surface area contributed by atoms with Crippen molar-refractivity contribution in [1.82, 2.24) is 5.32 Å². The molecule has 2 N–H and O–H groups in total. The lowest BCUT2D eigenvalue weighted by Gasteiger charge is -2.10. The maximum atomic E-state index is 11.8. The summed E-state index contributed by atoms with van der Waals surface area (Å²) in [4.78, 5) is 11.8. The molecule has 19 heavy (non-hydrogen) atoms. The van der Waals surface area contributed by atoms with Crippen LogP contribution >= 0.6 is 0 Å². The maximum absolute atomic E-state index is 11.8. The molecule has 0 spiro atoms. The fourth-order valence-corrected chi connectivity index (χ4v) is 1.47. The SMILES string of the molecule is CCCCOc1ccc(C(=O)NCC(C)CO)cc1. The second-order valence-corrected chi connectivity index (χ2v) is 4.72. The van der Waals surface area contributed by atoms with Crippen molar-refractivity contribution in [3.8, 4) is 5.75 Å². The molecule has 0 saturated carbocycles. The molecule has 0 aliphatic heterocycles. The molecule has 4 heteroatoms. The van der Waals surface area contributed by atoms with E-state index in [0.717, 1.165) is 18.6 Å². The Bertz CT molecular complexity index is 375. The van der Waals surface area contributed by atoms with Gasteiger partial charge in [-0.2, -0.15) is 0 Å². The van der Waals surface area contributed by atoms with E-state index in [1.807, 2.05) is 6.92 Å². The van der Waals surface area contributed by atoms with E-state index in [-0.39, 0.29) is 18.4 Å². The van der Waals surface area contributed by atoms with Gasteiger partial charge in [0.25, 0.3) is 5.91 Å². The van der Waals surface area contributed by atoms with E-state index < -0.39 is 0 Å². The molecule has 0 aliphatic carbocycles. The number of rotatable bonds is 8. The Balaban J connectivity index is 2.44. The molecule has 0 bridgehead atoms. The molecular formula is C15H23NO3. The number of carbonyl (C=O) groups is 1. The first-order valence-corrected chi connectivity index (χ1v) is 6.79. The minimum absolute atomic E-state index is 0.0700. The van der Waals surface area contributed by atoms with Crippen molar-refractivity contribution in [3.63, 3.8) is 0 Å². The summed E-state index contributed by atoms with van der Waals surface area (Å²) in [5.74, 6) is 0.731. The van der Waals surface area contributed by atoms with Gasteiger partial charge in [0.15, 0.2) is 0 Å². The van der Waals surface area contributed by atoms with Crippen LogP contribution in [0.1, 0.15) is 37.0 Å². The third kappa shape index (κ3) is 5.75. The quantitative estimate of drug-likeness (QED) is 0.709. The van der Waals surface area contributed by atoms with E-state index in [2.05, 4.69) is 12.2 Å². The zero-order valence-corrected chi connectivity index (χ0v) is 11.7. The highest BCUT2D eigenvalue weighted by Crippen LogP contribution is 2.12. The molecule has 1 aromatic carbocycles. The average Bonchev–Trinajstić information content (AvgIpc) is 2.45. The minimum Gasteiger partial charge on any atom is -0.494 e. The van der Waals surface area contributed by atoms with Crippen LogP contribution in [0.4, 0.5) is 0 Å². The van der Waals surface area contributed by atoms with Gasteiger partial charge in [0.1, 0.15) is 5.75 Å². The Hall–Kier alpha value is -1.55. The van der Waals surface area contributed by atoms with Gasteiger partial charge in [0, 0.05) is 18.7 Å². The van der Waals surface area contributed by atoms with Gasteiger partial charge in [0.05, 0.1) is 6.61 Å². The predicted octanol–water partition coefficient (Wildman–Crippen LogP) is 2.22.